The minimum absolute atomic E-state index is 0.0646. The molecule has 0 aliphatic carbocycles. The number of hydrogen-bond acceptors (Lipinski definition) is 4. The Hall–Kier alpha value is -1.92. The molecule has 3 rings (SSSR count). The number of ether oxygens (including phenoxy) is 1. The normalized spacial score (nSPS) is 23.5. The van der Waals surface area contributed by atoms with Crippen molar-refractivity contribution < 1.29 is 4.74 Å². The van der Waals surface area contributed by atoms with Crippen LogP contribution < -0.4 is 16.4 Å². The van der Waals surface area contributed by atoms with Gasteiger partial charge < -0.3 is 20.0 Å². The second kappa shape index (κ2) is 5.46. The average molecular weight is 289 g/mol. The van der Waals surface area contributed by atoms with Crippen LogP contribution in [0.2, 0.25) is 0 Å². The molecule has 0 amide bonds. The molecule has 2 heterocycles. The lowest BCUT2D eigenvalue weighted by Crippen LogP contribution is -2.30. The van der Waals surface area contributed by atoms with E-state index in [1.165, 1.54) is 0 Å². The molecule has 1 fully saturated rings. The van der Waals surface area contributed by atoms with Gasteiger partial charge in [0.25, 0.3) is 0 Å². The van der Waals surface area contributed by atoms with E-state index in [4.69, 9.17) is 4.74 Å². The number of aromatic nitrogens is 2. The van der Waals surface area contributed by atoms with E-state index in [1.807, 2.05) is 25.2 Å². The highest BCUT2D eigenvalue weighted by Gasteiger charge is 2.29. The first-order chi connectivity index (χ1) is 10.1. The molecule has 6 nitrogen and oxygen atoms in total. The molecule has 1 aromatic carbocycles. The van der Waals surface area contributed by atoms with Gasteiger partial charge in [-0.25, -0.2) is 0 Å². The van der Waals surface area contributed by atoms with E-state index in [0.29, 0.717) is 11.0 Å². The first kappa shape index (κ1) is 14.0. The molecule has 21 heavy (non-hydrogen) atoms. The topological polar surface area (TPSA) is 87.0 Å². The summed E-state index contributed by atoms with van der Waals surface area (Å²) in [4.78, 5) is 27.9. The number of nitrogens with one attached hydrogen (secondary N) is 3. The van der Waals surface area contributed by atoms with Gasteiger partial charge in [-0.2, -0.15) is 0 Å². The largest absolute Gasteiger partial charge is 0.373 e. The molecule has 3 unspecified atom stereocenters. The number of fused-ring (bicyclic) bond motifs is 1. The SMILES string of the molecule is CNC(c1ccc2[nH]c(=O)c(=O)[nH]c2c1)C1CCC(C)O1. The Balaban J connectivity index is 2.01. The van der Waals surface area contributed by atoms with E-state index in [2.05, 4.69) is 22.2 Å². The van der Waals surface area contributed by atoms with Gasteiger partial charge in [-0.05, 0) is 44.5 Å². The van der Waals surface area contributed by atoms with Crippen LogP contribution >= 0.6 is 0 Å². The van der Waals surface area contributed by atoms with E-state index < -0.39 is 11.1 Å². The Kier molecular flexibility index (Phi) is 3.65. The Labute approximate surface area is 121 Å². The molecule has 0 saturated carbocycles. The van der Waals surface area contributed by atoms with Gasteiger partial charge in [-0.1, -0.05) is 6.07 Å². The maximum absolute atomic E-state index is 11.4. The van der Waals surface area contributed by atoms with Gasteiger partial charge >= 0.3 is 11.1 Å². The lowest BCUT2D eigenvalue weighted by molar-refractivity contribution is 0.0333. The van der Waals surface area contributed by atoms with Crippen LogP contribution in [0.25, 0.3) is 11.0 Å². The third kappa shape index (κ3) is 2.64. The lowest BCUT2D eigenvalue weighted by atomic mass is 9.99. The fourth-order valence-corrected chi connectivity index (χ4v) is 2.97. The molecule has 1 aliphatic heterocycles. The fraction of sp³-hybridized carbons (Fsp3) is 0.467. The van der Waals surface area contributed by atoms with Gasteiger partial charge in [0, 0.05) is 0 Å². The van der Waals surface area contributed by atoms with Crippen molar-refractivity contribution in [1.29, 1.82) is 0 Å². The summed E-state index contributed by atoms with van der Waals surface area (Å²) in [7, 11) is 1.90. The molecule has 2 aromatic rings. The van der Waals surface area contributed by atoms with Gasteiger partial charge in [-0.3, -0.25) is 9.59 Å². The zero-order valence-corrected chi connectivity index (χ0v) is 12.1. The average Bonchev–Trinajstić information content (AvgIpc) is 2.87. The number of H-pyrrole nitrogens is 2. The molecule has 0 radical (unpaired) electrons. The van der Waals surface area contributed by atoms with E-state index in [1.54, 1.807) is 0 Å². The Morgan fingerprint density at radius 1 is 1.19 bits per heavy atom. The highest BCUT2D eigenvalue weighted by atomic mass is 16.5. The first-order valence-electron chi connectivity index (χ1n) is 7.17. The van der Waals surface area contributed by atoms with E-state index in [9.17, 15) is 9.59 Å². The third-order valence-corrected chi connectivity index (χ3v) is 4.05. The maximum atomic E-state index is 11.4. The quantitative estimate of drug-likeness (QED) is 0.737. The molecule has 112 valence electrons. The van der Waals surface area contributed by atoms with Crippen LogP contribution in [-0.2, 0) is 4.74 Å². The Morgan fingerprint density at radius 3 is 2.52 bits per heavy atom. The number of rotatable bonds is 3. The van der Waals surface area contributed by atoms with Crippen molar-refractivity contribution in [2.24, 2.45) is 0 Å². The lowest BCUT2D eigenvalue weighted by Gasteiger charge is -2.23. The van der Waals surface area contributed by atoms with Crippen molar-refractivity contribution in [3.05, 3.63) is 44.5 Å². The molecule has 3 N–H and O–H groups in total. The summed E-state index contributed by atoms with van der Waals surface area (Å²) in [5.74, 6) is 0. The monoisotopic (exact) mass is 289 g/mol. The summed E-state index contributed by atoms with van der Waals surface area (Å²) in [5, 5.41) is 3.28. The van der Waals surface area contributed by atoms with Crippen molar-refractivity contribution >= 4 is 11.0 Å². The van der Waals surface area contributed by atoms with Crippen LogP contribution in [0.15, 0.2) is 27.8 Å². The van der Waals surface area contributed by atoms with Crippen LogP contribution in [0, 0.1) is 0 Å². The summed E-state index contributed by atoms with van der Waals surface area (Å²) >= 11 is 0. The van der Waals surface area contributed by atoms with Gasteiger partial charge in [0.2, 0.25) is 0 Å². The van der Waals surface area contributed by atoms with Crippen LogP contribution in [-0.4, -0.2) is 29.2 Å². The van der Waals surface area contributed by atoms with Crippen LogP contribution in [0.4, 0.5) is 0 Å². The van der Waals surface area contributed by atoms with Crippen LogP contribution in [0.3, 0.4) is 0 Å². The van der Waals surface area contributed by atoms with Gasteiger partial charge in [0.05, 0.1) is 29.3 Å². The molecular formula is C15H19N3O3. The molecule has 1 saturated heterocycles. The summed E-state index contributed by atoms with van der Waals surface area (Å²) in [6, 6.07) is 5.71. The van der Waals surface area contributed by atoms with Gasteiger partial charge in [0.15, 0.2) is 0 Å². The molecule has 1 aliphatic rings. The molecule has 1 aromatic heterocycles. The van der Waals surface area contributed by atoms with E-state index in [0.717, 1.165) is 18.4 Å². The highest BCUT2D eigenvalue weighted by molar-refractivity contribution is 5.74. The van der Waals surface area contributed by atoms with Crippen LogP contribution in [0.5, 0.6) is 0 Å². The second-order valence-corrected chi connectivity index (χ2v) is 5.54. The summed E-state index contributed by atoms with van der Waals surface area (Å²) < 4.78 is 5.93. The van der Waals surface area contributed by atoms with Crippen molar-refractivity contribution in [2.45, 2.75) is 38.0 Å². The predicted octanol–water partition coefficient (Wildman–Crippen LogP) is 1.04. The Bertz CT molecular complexity index is 765. The summed E-state index contributed by atoms with van der Waals surface area (Å²) in [5.41, 5.74) is 1.02. The van der Waals surface area contributed by atoms with Gasteiger partial charge in [0.1, 0.15) is 0 Å². The smallest absolute Gasteiger partial charge is 0.314 e. The van der Waals surface area contributed by atoms with Crippen molar-refractivity contribution in [3.63, 3.8) is 0 Å². The summed E-state index contributed by atoms with van der Waals surface area (Å²) in [6.07, 6.45) is 2.47. The highest BCUT2D eigenvalue weighted by Crippen LogP contribution is 2.30. The van der Waals surface area contributed by atoms with Crippen molar-refractivity contribution in [1.82, 2.24) is 15.3 Å². The number of benzene rings is 1. The number of aromatic amines is 2. The molecule has 0 bridgehead atoms. The minimum Gasteiger partial charge on any atom is -0.373 e. The second-order valence-electron chi connectivity index (χ2n) is 5.54. The number of likely N-dealkylation sites (N-methyl/N-ethyl adjacent to an activating group) is 1. The Morgan fingerprint density at radius 2 is 1.90 bits per heavy atom. The van der Waals surface area contributed by atoms with Crippen LogP contribution in [0.1, 0.15) is 31.4 Å². The maximum Gasteiger partial charge on any atom is 0.314 e. The molecule has 0 spiro atoms. The zero-order chi connectivity index (χ0) is 15.0. The molecular weight excluding hydrogens is 270 g/mol. The van der Waals surface area contributed by atoms with E-state index in [-0.39, 0.29) is 18.2 Å². The number of hydrogen-bond donors (Lipinski definition) is 3. The molecule has 3 atom stereocenters. The standard InChI is InChI=1S/C15H19N3O3/c1-8-3-6-12(21-8)13(16-2)9-4-5-10-11(7-9)18-15(20)14(19)17-10/h4-5,7-8,12-13,16H,3,6H2,1-2H3,(H,17,19)(H,18,20). The van der Waals surface area contributed by atoms with E-state index >= 15 is 0 Å². The summed E-state index contributed by atoms with van der Waals surface area (Å²) in [6.45, 7) is 2.08. The minimum atomic E-state index is -0.633. The fourth-order valence-electron chi connectivity index (χ4n) is 2.97. The molecule has 6 heteroatoms. The van der Waals surface area contributed by atoms with Crippen molar-refractivity contribution in [2.75, 3.05) is 7.05 Å². The first-order valence-corrected chi connectivity index (χ1v) is 7.17. The van der Waals surface area contributed by atoms with Gasteiger partial charge in [-0.15, -0.1) is 0 Å². The van der Waals surface area contributed by atoms with Crippen molar-refractivity contribution in [3.8, 4) is 0 Å². The predicted molar refractivity (Wildman–Crippen MR) is 80.6 cm³/mol. The third-order valence-electron chi connectivity index (χ3n) is 4.05. The zero-order valence-electron chi connectivity index (χ0n) is 12.1.